The van der Waals surface area contributed by atoms with E-state index < -0.39 is 11.9 Å². The van der Waals surface area contributed by atoms with E-state index in [4.69, 9.17) is 11.6 Å². The van der Waals surface area contributed by atoms with Crippen LogP contribution in [0.15, 0.2) is 41.3 Å². The minimum Gasteiger partial charge on any atom is -0.366 e. The number of benzene rings is 2. The fourth-order valence-electron chi connectivity index (χ4n) is 4.21. The summed E-state index contributed by atoms with van der Waals surface area (Å²) in [5, 5.41) is 0.710. The lowest BCUT2D eigenvalue weighted by molar-refractivity contribution is -0.105. The van der Waals surface area contributed by atoms with Crippen molar-refractivity contribution in [2.75, 3.05) is 30.3 Å². The van der Waals surface area contributed by atoms with Crippen LogP contribution >= 0.6 is 23.4 Å². The zero-order valence-corrected chi connectivity index (χ0v) is 18.8. The first-order valence-corrected chi connectivity index (χ1v) is 11.8. The average molecular weight is 473 g/mol. The molecule has 0 spiro atoms. The van der Waals surface area contributed by atoms with E-state index in [1.54, 1.807) is 13.0 Å². The Balaban J connectivity index is 1.50. The molecule has 0 N–H and O–H groups in total. The highest BCUT2D eigenvalue weighted by Crippen LogP contribution is 2.40. The van der Waals surface area contributed by atoms with Crippen molar-refractivity contribution in [2.24, 2.45) is 5.92 Å². The number of anilines is 1. The molecule has 1 saturated heterocycles. The lowest BCUT2D eigenvalue weighted by Gasteiger charge is -2.43. The maximum absolute atomic E-state index is 14.8. The standard InChI is InChI=1S/C23H25ClF4N2S/c1-15-10-19(25)20(11-22(15)31-14-23(26,27)28)30-9-8-29(21(13-30)17-4-5-17)12-16-2-6-18(24)7-3-16/h2-3,6-7,10-11,17,21H,4-5,8-9,12-14H2,1H3. The maximum atomic E-state index is 14.8. The van der Waals surface area contributed by atoms with Crippen LogP contribution in [0.2, 0.25) is 5.02 Å². The lowest BCUT2D eigenvalue weighted by atomic mass is 10.0. The molecule has 8 heteroatoms. The third-order valence-corrected chi connectivity index (χ3v) is 7.45. The molecule has 2 aliphatic rings. The van der Waals surface area contributed by atoms with Gasteiger partial charge in [0.25, 0.3) is 0 Å². The number of thioether (sulfide) groups is 1. The molecule has 2 aromatic carbocycles. The minimum atomic E-state index is -4.25. The van der Waals surface area contributed by atoms with Crippen LogP contribution in [0.4, 0.5) is 23.2 Å². The van der Waals surface area contributed by atoms with Crippen molar-refractivity contribution in [1.82, 2.24) is 4.90 Å². The molecule has 0 aromatic heterocycles. The van der Waals surface area contributed by atoms with Gasteiger partial charge >= 0.3 is 6.18 Å². The number of rotatable bonds is 6. The molecule has 1 unspecified atom stereocenters. The first kappa shape index (κ1) is 22.7. The second-order valence-electron chi connectivity index (χ2n) is 8.42. The fraction of sp³-hybridized carbons (Fsp3) is 0.478. The van der Waals surface area contributed by atoms with Crippen molar-refractivity contribution in [1.29, 1.82) is 0 Å². The molecule has 0 bridgehead atoms. The van der Waals surface area contributed by atoms with Gasteiger partial charge in [0, 0.05) is 42.1 Å². The number of hydrogen-bond donors (Lipinski definition) is 0. The van der Waals surface area contributed by atoms with Crippen LogP contribution in [0.3, 0.4) is 0 Å². The van der Waals surface area contributed by atoms with Crippen LogP contribution in [0, 0.1) is 18.7 Å². The van der Waals surface area contributed by atoms with E-state index in [0.29, 0.717) is 46.2 Å². The van der Waals surface area contributed by atoms with E-state index >= 15 is 0 Å². The Bertz CT molecular complexity index is 915. The summed E-state index contributed by atoms with van der Waals surface area (Å²) >= 11 is 6.72. The molecule has 31 heavy (non-hydrogen) atoms. The first-order valence-electron chi connectivity index (χ1n) is 10.4. The van der Waals surface area contributed by atoms with Crippen LogP contribution in [0.1, 0.15) is 24.0 Å². The molecule has 2 fully saturated rings. The van der Waals surface area contributed by atoms with Gasteiger partial charge in [0.05, 0.1) is 11.4 Å². The highest BCUT2D eigenvalue weighted by molar-refractivity contribution is 7.99. The SMILES string of the molecule is Cc1cc(F)c(N2CCN(Cc3ccc(Cl)cc3)C(C3CC3)C2)cc1SCC(F)(F)F. The van der Waals surface area contributed by atoms with Crippen molar-refractivity contribution >= 4 is 29.1 Å². The summed E-state index contributed by atoms with van der Waals surface area (Å²) in [6.07, 6.45) is -1.92. The van der Waals surface area contributed by atoms with Crippen molar-refractivity contribution < 1.29 is 17.6 Å². The van der Waals surface area contributed by atoms with Gasteiger partial charge in [0.2, 0.25) is 0 Å². The third-order valence-electron chi connectivity index (χ3n) is 5.98. The van der Waals surface area contributed by atoms with Crippen LogP contribution in [0.5, 0.6) is 0 Å². The molecule has 1 atom stereocenters. The molecule has 1 saturated carbocycles. The number of aryl methyl sites for hydroxylation is 1. The summed E-state index contributed by atoms with van der Waals surface area (Å²) in [6.45, 7) is 4.57. The predicted octanol–water partition coefficient (Wildman–Crippen LogP) is 6.54. The third kappa shape index (κ3) is 5.88. The topological polar surface area (TPSA) is 6.48 Å². The van der Waals surface area contributed by atoms with Gasteiger partial charge in [-0.05, 0) is 61.1 Å². The Labute approximate surface area is 189 Å². The smallest absolute Gasteiger partial charge is 0.366 e. The van der Waals surface area contributed by atoms with Gasteiger partial charge in [-0.15, -0.1) is 11.8 Å². The van der Waals surface area contributed by atoms with E-state index in [1.807, 2.05) is 29.2 Å². The molecular weight excluding hydrogens is 448 g/mol. The van der Waals surface area contributed by atoms with Gasteiger partial charge in [-0.1, -0.05) is 23.7 Å². The Morgan fingerprint density at radius 3 is 2.45 bits per heavy atom. The van der Waals surface area contributed by atoms with Gasteiger partial charge < -0.3 is 4.90 Å². The minimum absolute atomic E-state index is 0.302. The highest BCUT2D eigenvalue weighted by atomic mass is 35.5. The average Bonchev–Trinajstić information content (AvgIpc) is 3.54. The van der Waals surface area contributed by atoms with E-state index in [9.17, 15) is 17.6 Å². The number of nitrogens with zero attached hydrogens (tertiary/aromatic N) is 2. The van der Waals surface area contributed by atoms with E-state index in [2.05, 4.69) is 4.90 Å². The summed E-state index contributed by atoms with van der Waals surface area (Å²) in [7, 11) is 0. The second-order valence-corrected chi connectivity index (χ2v) is 9.87. The number of halogens is 5. The number of alkyl halides is 3. The molecule has 2 nitrogen and oxygen atoms in total. The Hall–Kier alpha value is -1.44. The van der Waals surface area contributed by atoms with E-state index in [-0.39, 0.29) is 5.82 Å². The van der Waals surface area contributed by atoms with Crippen molar-refractivity contribution in [3.05, 3.63) is 58.4 Å². The van der Waals surface area contributed by atoms with Gasteiger partial charge in [-0.2, -0.15) is 13.2 Å². The molecule has 1 heterocycles. The van der Waals surface area contributed by atoms with Crippen LogP contribution in [-0.2, 0) is 6.54 Å². The van der Waals surface area contributed by atoms with E-state index in [0.717, 1.165) is 24.9 Å². The summed E-state index contributed by atoms with van der Waals surface area (Å²) in [5.74, 6) is -0.754. The Morgan fingerprint density at radius 1 is 1.10 bits per heavy atom. The molecule has 4 rings (SSSR count). The lowest BCUT2D eigenvalue weighted by Crippen LogP contribution is -2.54. The molecule has 1 aliphatic heterocycles. The summed E-state index contributed by atoms with van der Waals surface area (Å²) in [5.41, 5.74) is 2.14. The van der Waals surface area contributed by atoms with Gasteiger partial charge in [0.15, 0.2) is 0 Å². The van der Waals surface area contributed by atoms with Gasteiger partial charge in [-0.3, -0.25) is 4.90 Å². The van der Waals surface area contributed by atoms with Crippen molar-refractivity contribution in [3.8, 4) is 0 Å². The Morgan fingerprint density at radius 2 is 1.81 bits per heavy atom. The largest absolute Gasteiger partial charge is 0.398 e. The molecule has 0 radical (unpaired) electrons. The molecule has 0 amide bonds. The molecule has 2 aromatic rings. The van der Waals surface area contributed by atoms with Gasteiger partial charge in [-0.25, -0.2) is 4.39 Å². The summed E-state index contributed by atoms with van der Waals surface area (Å²) in [4.78, 5) is 4.94. The molecule has 168 valence electrons. The monoisotopic (exact) mass is 472 g/mol. The first-order chi connectivity index (χ1) is 14.7. The fourth-order valence-corrected chi connectivity index (χ4v) is 5.14. The maximum Gasteiger partial charge on any atom is 0.398 e. The summed E-state index contributed by atoms with van der Waals surface area (Å²) in [6, 6.07) is 11.1. The second kappa shape index (κ2) is 9.20. The van der Waals surface area contributed by atoms with Crippen LogP contribution in [-0.4, -0.2) is 42.5 Å². The van der Waals surface area contributed by atoms with Crippen LogP contribution in [0.25, 0.3) is 0 Å². The van der Waals surface area contributed by atoms with Gasteiger partial charge in [0.1, 0.15) is 5.82 Å². The Kier molecular flexibility index (Phi) is 6.75. The molecular formula is C23H25ClF4N2S. The zero-order chi connectivity index (χ0) is 22.2. The van der Waals surface area contributed by atoms with Crippen molar-refractivity contribution in [3.63, 3.8) is 0 Å². The zero-order valence-electron chi connectivity index (χ0n) is 17.3. The quantitative estimate of drug-likeness (QED) is 0.348. The molecule has 1 aliphatic carbocycles. The van der Waals surface area contributed by atoms with Crippen LogP contribution < -0.4 is 4.90 Å². The van der Waals surface area contributed by atoms with E-state index in [1.165, 1.54) is 24.5 Å². The highest BCUT2D eigenvalue weighted by Gasteiger charge is 2.39. The number of piperazine rings is 1. The summed E-state index contributed by atoms with van der Waals surface area (Å²) < 4.78 is 52.9. The van der Waals surface area contributed by atoms with Crippen molar-refractivity contribution in [2.45, 2.75) is 43.4 Å². The predicted molar refractivity (Wildman–Crippen MR) is 119 cm³/mol. The number of hydrogen-bond acceptors (Lipinski definition) is 3. The normalized spacial score (nSPS) is 20.3.